The zero-order chi connectivity index (χ0) is 20.1. The highest BCUT2D eigenvalue weighted by Gasteiger charge is 2.24. The molecule has 1 aliphatic rings. The van der Waals surface area contributed by atoms with Crippen molar-refractivity contribution in [2.24, 2.45) is 0 Å². The van der Waals surface area contributed by atoms with Gasteiger partial charge in [0.25, 0.3) is 0 Å². The summed E-state index contributed by atoms with van der Waals surface area (Å²) in [5, 5.41) is 7.87. The predicted octanol–water partition coefficient (Wildman–Crippen LogP) is 5.54. The molecule has 0 bridgehead atoms. The van der Waals surface area contributed by atoms with Gasteiger partial charge in [0, 0.05) is 29.7 Å². The Kier molecular flexibility index (Phi) is 6.30. The minimum atomic E-state index is 0.748. The van der Waals surface area contributed by atoms with Crippen LogP contribution in [0, 0.1) is 0 Å². The maximum absolute atomic E-state index is 6.07. The van der Waals surface area contributed by atoms with E-state index < -0.39 is 0 Å². The maximum Gasteiger partial charge on any atom is 0.119 e. The summed E-state index contributed by atoms with van der Waals surface area (Å²) in [6, 6.07) is 16.9. The van der Waals surface area contributed by atoms with Crippen LogP contribution in [0.3, 0.4) is 0 Å². The molecule has 0 saturated carbocycles. The second-order valence-electron chi connectivity index (χ2n) is 7.83. The highest BCUT2D eigenvalue weighted by molar-refractivity contribution is 5.81. The van der Waals surface area contributed by atoms with Crippen LogP contribution in [-0.2, 0) is 6.42 Å². The summed E-state index contributed by atoms with van der Waals surface area (Å²) in [5.41, 5.74) is 7.25. The number of nitrogens with one attached hydrogen (secondary N) is 1. The molecular formula is C25H31N3O. The van der Waals surface area contributed by atoms with Crippen molar-refractivity contribution >= 4 is 0 Å². The summed E-state index contributed by atoms with van der Waals surface area (Å²) in [5.74, 6) is 0.923. The van der Waals surface area contributed by atoms with Gasteiger partial charge in [0.15, 0.2) is 0 Å². The molecule has 0 saturated heterocycles. The van der Waals surface area contributed by atoms with E-state index in [9.17, 15) is 0 Å². The van der Waals surface area contributed by atoms with E-state index in [0.717, 1.165) is 48.7 Å². The fourth-order valence-corrected chi connectivity index (χ4v) is 4.29. The third kappa shape index (κ3) is 4.38. The largest absolute Gasteiger partial charge is 0.494 e. The first-order valence-corrected chi connectivity index (χ1v) is 10.9. The minimum Gasteiger partial charge on any atom is -0.494 e. The molecule has 0 atom stereocenters. The van der Waals surface area contributed by atoms with E-state index in [1.165, 1.54) is 42.6 Å². The number of aromatic nitrogens is 2. The standard InChI is InChI=1S/C25H31N3O/c1-3-13-28(14-4-2)15-8-16-29-21-11-7-10-20(17-21)24-23-18-19-9-5-6-12-22(19)25(23)27-26-24/h5-7,9-12,17H,3-4,8,13-16,18H2,1-2H3,(H,26,27). The van der Waals surface area contributed by atoms with Crippen molar-refractivity contribution in [3.05, 3.63) is 59.7 Å². The number of benzene rings is 2. The van der Waals surface area contributed by atoms with Crippen LogP contribution in [0.2, 0.25) is 0 Å². The summed E-state index contributed by atoms with van der Waals surface area (Å²) in [6.45, 7) is 8.69. The maximum atomic E-state index is 6.07. The van der Waals surface area contributed by atoms with Gasteiger partial charge in [-0.2, -0.15) is 5.10 Å². The second kappa shape index (κ2) is 9.27. The molecule has 1 N–H and O–H groups in total. The number of ether oxygens (including phenoxy) is 1. The van der Waals surface area contributed by atoms with E-state index in [1.807, 2.05) is 6.07 Å². The average molecular weight is 390 g/mol. The first-order chi connectivity index (χ1) is 14.3. The van der Waals surface area contributed by atoms with E-state index in [4.69, 9.17) is 4.74 Å². The number of hydrogen-bond acceptors (Lipinski definition) is 3. The SMILES string of the molecule is CCCN(CCC)CCCOc1cccc(-c2n[nH]c3c2Cc2ccccc2-3)c1. The molecule has 0 radical (unpaired) electrons. The van der Waals surface area contributed by atoms with Gasteiger partial charge in [-0.25, -0.2) is 0 Å². The van der Waals surface area contributed by atoms with Crippen LogP contribution in [0.15, 0.2) is 48.5 Å². The van der Waals surface area contributed by atoms with Gasteiger partial charge < -0.3 is 9.64 Å². The van der Waals surface area contributed by atoms with Gasteiger partial charge in [-0.15, -0.1) is 0 Å². The van der Waals surface area contributed by atoms with E-state index in [1.54, 1.807) is 0 Å². The van der Waals surface area contributed by atoms with E-state index in [2.05, 4.69) is 71.4 Å². The van der Waals surface area contributed by atoms with Gasteiger partial charge in [0.05, 0.1) is 18.0 Å². The Hall–Kier alpha value is -2.59. The molecule has 1 heterocycles. The van der Waals surface area contributed by atoms with Crippen molar-refractivity contribution in [2.45, 2.75) is 39.5 Å². The molecule has 152 valence electrons. The van der Waals surface area contributed by atoms with Crippen LogP contribution in [0.25, 0.3) is 22.5 Å². The summed E-state index contributed by atoms with van der Waals surface area (Å²) >= 11 is 0. The molecule has 0 unspecified atom stereocenters. The normalized spacial score (nSPS) is 12.2. The minimum absolute atomic E-state index is 0.748. The fraction of sp³-hybridized carbons (Fsp3) is 0.400. The van der Waals surface area contributed by atoms with Gasteiger partial charge in [-0.05, 0) is 50.0 Å². The average Bonchev–Trinajstić information content (AvgIpc) is 3.31. The van der Waals surface area contributed by atoms with Crippen molar-refractivity contribution in [1.82, 2.24) is 15.1 Å². The topological polar surface area (TPSA) is 41.1 Å². The highest BCUT2D eigenvalue weighted by atomic mass is 16.5. The molecule has 2 aromatic carbocycles. The quantitative estimate of drug-likeness (QED) is 0.362. The molecule has 0 spiro atoms. The first kappa shape index (κ1) is 19.7. The Bertz CT molecular complexity index is 941. The Labute approximate surface area is 173 Å². The van der Waals surface area contributed by atoms with E-state index >= 15 is 0 Å². The van der Waals surface area contributed by atoms with Gasteiger partial charge in [-0.3, -0.25) is 5.10 Å². The molecule has 0 amide bonds. The van der Waals surface area contributed by atoms with Gasteiger partial charge in [-0.1, -0.05) is 50.2 Å². The Morgan fingerprint density at radius 3 is 2.66 bits per heavy atom. The zero-order valence-electron chi connectivity index (χ0n) is 17.6. The zero-order valence-corrected chi connectivity index (χ0v) is 17.6. The molecule has 4 heteroatoms. The number of nitrogens with zero attached hydrogens (tertiary/aromatic N) is 2. The predicted molar refractivity (Wildman–Crippen MR) is 119 cm³/mol. The number of rotatable bonds is 10. The van der Waals surface area contributed by atoms with Crippen molar-refractivity contribution in [3.8, 4) is 28.3 Å². The first-order valence-electron chi connectivity index (χ1n) is 10.9. The third-order valence-corrected chi connectivity index (χ3v) is 5.60. The molecule has 29 heavy (non-hydrogen) atoms. The van der Waals surface area contributed by atoms with Gasteiger partial charge >= 0.3 is 0 Å². The molecule has 4 nitrogen and oxygen atoms in total. The Morgan fingerprint density at radius 2 is 1.83 bits per heavy atom. The van der Waals surface area contributed by atoms with Gasteiger partial charge in [0.1, 0.15) is 5.75 Å². The van der Waals surface area contributed by atoms with E-state index in [0.29, 0.717) is 0 Å². The van der Waals surface area contributed by atoms with Crippen LogP contribution in [-0.4, -0.2) is 41.3 Å². The monoisotopic (exact) mass is 389 g/mol. The molecule has 0 fully saturated rings. The number of H-pyrrole nitrogens is 1. The summed E-state index contributed by atoms with van der Waals surface area (Å²) < 4.78 is 6.07. The smallest absolute Gasteiger partial charge is 0.119 e. The highest BCUT2D eigenvalue weighted by Crippen LogP contribution is 2.40. The summed E-state index contributed by atoms with van der Waals surface area (Å²) in [4.78, 5) is 2.53. The number of hydrogen-bond donors (Lipinski definition) is 1. The Balaban J connectivity index is 1.40. The van der Waals surface area contributed by atoms with Crippen LogP contribution < -0.4 is 4.74 Å². The molecule has 1 aromatic heterocycles. The lowest BCUT2D eigenvalue weighted by Crippen LogP contribution is -2.27. The molecule has 4 rings (SSSR count). The lowest BCUT2D eigenvalue weighted by Gasteiger charge is -2.20. The molecular weight excluding hydrogens is 358 g/mol. The summed E-state index contributed by atoms with van der Waals surface area (Å²) in [7, 11) is 0. The van der Waals surface area contributed by atoms with Crippen molar-refractivity contribution in [1.29, 1.82) is 0 Å². The molecule has 1 aliphatic carbocycles. The van der Waals surface area contributed by atoms with Crippen molar-refractivity contribution in [2.75, 3.05) is 26.2 Å². The summed E-state index contributed by atoms with van der Waals surface area (Å²) in [6.07, 6.45) is 4.41. The van der Waals surface area contributed by atoms with Crippen LogP contribution in [0.1, 0.15) is 44.2 Å². The second-order valence-corrected chi connectivity index (χ2v) is 7.83. The van der Waals surface area contributed by atoms with Crippen LogP contribution in [0.4, 0.5) is 0 Å². The number of fused-ring (bicyclic) bond motifs is 3. The van der Waals surface area contributed by atoms with Crippen LogP contribution in [0.5, 0.6) is 5.75 Å². The van der Waals surface area contributed by atoms with Crippen LogP contribution >= 0.6 is 0 Å². The Morgan fingerprint density at radius 1 is 1.00 bits per heavy atom. The van der Waals surface area contributed by atoms with E-state index in [-0.39, 0.29) is 0 Å². The number of aromatic amines is 1. The lowest BCUT2D eigenvalue weighted by atomic mass is 10.1. The van der Waals surface area contributed by atoms with Crippen molar-refractivity contribution in [3.63, 3.8) is 0 Å². The third-order valence-electron chi connectivity index (χ3n) is 5.60. The van der Waals surface area contributed by atoms with Crippen molar-refractivity contribution < 1.29 is 4.74 Å². The lowest BCUT2D eigenvalue weighted by molar-refractivity contribution is 0.234. The fourth-order valence-electron chi connectivity index (χ4n) is 4.29. The molecule has 0 aliphatic heterocycles. The molecule has 3 aromatic rings. The van der Waals surface area contributed by atoms with Gasteiger partial charge in [0.2, 0.25) is 0 Å².